The smallest absolute Gasteiger partial charge is 0.269 e. The molecule has 6 nitrogen and oxygen atoms in total. The number of hydrogen-bond donors (Lipinski definition) is 1. The zero-order valence-corrected chi connectivity index (χ0v) is 22.0. The molecule has 0 aromatic heterocycles. The number of aliphatic hydroxyl groups is 1. The second-order valence-electron chi connectivity index (χ2n) is 9.66. The second-order valence-corrected chi connectivity index (χ2v) is 10.7. The van der Waals surface area contributed by atoms with Gasteiger partial charge in [-0.2, -0.15) is 0 Å². The summed E-state index contributed by atoms with van der Waals surface area (Å²) in [5, 5.41) is 21.3. The van der Waals surface area contributed by atoms with Crippen molar-refractivity contribution in [1.29, 1.82) is 0 Å². The molecule has 4 rings (SSSR count). The number of thioether (sulfide) groups is 1. The summed E-state index contributed by atoms with van der Waals surface area (Å²) in [6, 6.07) is 19.5. The van der Waals surface area contributed by atoms with Gasteiger partial charge in [0.2, 0.25) is 0 Å². The minimum atomic E-state index is -0.478. The lowest BCUT2D eigenvalue weighted by atomic mass is 9.87. The quantitative estimate of drug-likeness (QED) is 0.184. The summed E-state index contributed by atoms with van der Waals surface area (Å²) in [7, 11) is 0. The minimum absolute atomic E-state index is 0.0641. The average Bonchev–Trinajstić information content (AvgIpc) is 2.92. The monoisotopic (exact) mass is 541 g/mol. The predicted octanol–water partition coefficient (Wildman–Crippen LogP) is 5.56. The van der Waals surface area contributed by atoms with E-state index in [4.69, 9.17) is 0 Å². The van der Waals surface area contributed by atoms with E-state index < -0.39 is 11.0 Å². The van der Waals surface area contributed by atoms with Crippen molar-refractivity contribution in [3.63, 3.8) is 0 Å². The summed E-state index contributed by atoms with van der Waals surface area (Å²) in [6.07, 6.45) is 1.37. The van der Waals surface area contributed by atoms with E-state index in [0.717, 1.165) is 61.6 Å². The van der Waals surface area contributed by atoms with Gasteiger partial charge in [-0.3, -0.25) is 15.0 Å². The number of hydrogen-bond acceptors (Lipinski definition) is 6. The molecule has 1 saturated heterocycles. The molecule has 1 N–H and O–H groups in total. The van der Waals surface area contributed by atoms with Gasteiger partial charge >= 0.3 is 0 Å². The van der Waals surface area contributed by atoms with E-state index in [1.165, 1.54) is 48.2 Å². The van der Waals surface area contributed by atoms with Crippen LogP contribution in [0.5, 0.6) is 0 Å². The molecule has 1 aliphatic rings. The Hall–Kier alpha value is -2.85. The molecule has 3 aromatic rings. The fourth-order valence-electron chi connectivity index (χ4n) is 4.84. The molecular formula is C29H33F2N3O3S. The van der Waals surface area contributed by atoms with E-state index in [1.54, 1.807) is 12.1 Å². The number of β-amino-alcohol motifs (C(OH)–C–C–N with tert-alkyl or cyclic N) is 1. The lowest BCUT2D eigenvalue weighted by Gasteiger charge is -2.35. The van der Waals surface area contributed by atoms with Crippen LogP contribution in [-0.2, 0) is 0 Å². The molecular weight excluding hydrogens is 508 g/mol. The van der Waals surface area contributed by atoms with Gasteiger partial charge in [0.15, 0.2) is 0 Å². The van der Waals surface area contributed by atoms with Crippen LogP contribution in [0.25, 0.3) is 0 Å². The van der Waals surface area contributed by atoms with Crippen LogP contribution in [0.2, 0.25) is 0 Å². The number of nitro groups is 1. The number of halogens is 2. The van der Waals surface area contributed by atoms with Gasteiger partial charge in [0, 0.05) is 61.4 Å². The zero-order valence-electron chi connectivity index (χ0n) is 21.2. The molecule has 9 heteroatoms. The third kappa shape index (κ3) is 8.33. The number of nitro benzene ring substituents is 1. The molecule has 0 bridgehead atoms. The number of non-ortho nitro benzene ring substituents is 1. The molecule has 0 radical (unpaired) electrons. The molecule has 1 atom stereocenters. The van der Waals surface area contributed by atoms with E-state index in [9.17, 15) is 24.0 Å². The van der Waals surface area contributed by atoms with Crippen LogP contribution in [0.1, 0.15) is 29.9 Å². The Kier molecular flexibility index (Phi) is 10.2. The number of rotatable bonds is 12. The van der Waals surface area contributed by atoms with Gasteiger partial charge in [0.1, 0.15) is 11.6 Å². The Morgan fingerprint density at radius 1 is 0.842 bits per heavy atom. The molecule has 202 valence electrons. The maximum Gasteiger partial charge on any atom is 0.269 e. The third-order valence-electron chi connectivity index (χ3n) is 6.94. The van der Waals surface area contributed by atoms with Crippen LogP contribution in [0.3, 0.4) is 0 Å². The van der Waals surface area contributed by atoms with Gasteiger partial charge in [0.05, 0.1) is 11.0 Å². The van der Waals surface area contributed by atoms with Gasteiger partial charge in [-0.05, 0) is 66.9 Å². The highest BCUT2D eigenvalue weighted by Gasteiger charge is 2.20. The molecule has 1 heterocycles. The number of benzene rings is 3. The highest BCUT2D eigenvalue weighted by Crippen LogP contribution is 2.30. The molecule has 3 aromatic carbocycles. The van der Waals surface area contributed by atoms with E-state index in [0.29, 0.717) is 12.3 Å². The topological polar surface area (TPSA) is 69.8 Å². The summed E-state index contributed by atoms with van der Waals surface area (Å²) in [4.78, 5) is 16.0. The number of nitrogens with zero attached hydrogens (tertiary/aromatic N) is 3. The molecule has 38 heavy (non-hydrogen) atoms. The Morgan fingerprint density at radius 2 is 1.37 bits per heavy atom. The fraction of sp³-hybridized carbons (Fsp3) is 0.379. The Bertz CT molecular complexity index is 1110. The van der Waals surface area contributed by atoms with Gasteiger partial charge < -0.3 is 10.0 Å². The van der Waals surface area contributed by atoms with Crippen LogP contribution in [0.15, 0.2) is 77.7 Å². The minimum Gasteiger partial charge on any atom is -0.391 e. The van der Waals surface area contributed by atoms with Crippen molar-refractivity contribution in [1.82, 2.24) is 9.80 Å². The zero-order chi connectivity index (χ0) is 26.9. The van der Waals surface area contributed by atoms with Crippen LogP contribution >= 0.6 is 11.8 Å². The van der Waals surface area contributed by atoms with Crippen molar-refractivity contribution in [2.45, 2.75) is 29.8 Å². The van der Waals surface area contributed by atoms with E-state index in [2.05, 4.69) is 9.80 Å². The lowest BCUT2D eigenvalue weighted by molar-refractivity contribution is -0.384. The highest BCUT2D eigenvalue weighted by atomic mass is 32.2. The Labute approximate surface area is 226 Å². The summed E-state index contributed by atoms with van der Waals surface area (Å²) >= 11 is 1.50. The SMILES string of the molecule is O=[N+]([O-])c1ccc(SCC(O)CN2CCN(CCCC(c3ccc(F)cc3)c3ccc(F)cc3)CC2)cc1. The summed E-state index contributed by atoms with van der Waals surface area (Å²) in [5.41, 5.74) is 2.13. The van der Waals surface area contributed by atoms with Crippen LogP contribution in [0.4, 0.5) is 14.5 Å². The van der Waals surface area contributed by atoms with Crippen LogP contribution < -0.4 is 0 Å². The van der Waals surface area contributed by atoms with E-state index in [-0.39, 0.29) is 23.2 Å². The molecule has 0 spiro atoms. The van der Waals surface area contributed by atoms with Gasteiger partial charge in [-0.15, -0.1) is 11.8 Å². The predicted molar refractivity (Wildman–Crippen MR) is 147 cm³/mol. The second kappa shape index (κ2) is 13.8. The van der Waals surface area contributed by atoms with Crippen LogP contribution in [-0.4, -0.2) is 71.0 Å². The van der Waals surface area contributed by atoms with Gasteiger partial charge in [-0.25, -0.2) is 8.78 Å². The van der Waals surface area contributed by atoms with Gasteiger partial charge in [0.25, 0.3) is 5.69 Å². The molecule has 1 fully saturated rings. The van der Waals surface area contributed by atoms with E-state index in [1.807, 2.05) is 24.3 Å². The molecule has 0 amide bonds. The number of piperazine rings is 1. The fourth-order valence-corrected chi connectivity index (χ4v) is 5.66. The Balaban J connectivity index is 1.19. The summed E-state index contributed by atoms with van der Waals surface area (Å²) in [6.45, 7) is 5.19. The maximum atomic E-state index is 13.5. The Morgan fingerprint density at radius 3 is 1.89 bits per heavy atom. The van der Waals surface area contributed by atoms with Crippen molar-refractivity contribution in [2.75, 3.05) is 45.0 Å². The van der Waals surface area contributed by atoms with Gasteiger partial charge in [-0.1, -0.05) is 24.3 Å². The first-order valence-corrected chi connectivity index (χ1v) is 13.9. The van der Waals surface area contributed by atoms with Crippen LogP contribution in [0, 0.1) is 21.7 Å². The first-order valence-electron chi connectivity index (χ1n) is 12.9. The van der Waals surface area contributed by atoms with Crippen molar-refractivity contribution in [3.8, 4) is 0 Å². The normalized spacial score (nSPS) is 15.6. The lowest BCUT2D eigenvalue weighted by Crippen LogP contribution is -2.49. The first kappa shape index (κ1) is 28.2. The number of aliphatic hydroxyl groups excluding tert-OH is 1. The van der Waals surface area contributed by atoms with Crippen molar-refractivity contribution >= 4 is 17.4 Å². The molecule has 0 aliphatic carbocycles. The average molecular weight is 542 g/mol. The van der Waals surface area contributed by atoms with Crippen molar-refractivity contribution < 1.29 is 18.8 Å². The highest BCUT2D eigenvalue weighted by molar-refractivity contribution is 7.99. The summed E-state index contributed by atoms with van der Waals surface area (Å²) < 4.78 is 26.9. The maximum absolute atomic E-state index is 13.5. The molecule has 0 saturated carbocycles. The largest absolute Gasteiger partial charge is 0.391 e. The third-order valence-corrected chi connectivity index (χ3v) is 8.09. The van der Waals surface area contributed by atoms with Crippen molar-refractivity contribution in [2.24, 2.45) is 0 Å². The summed E-state index contributed by atoms with van der Waals surface area (Å²) in [5.74, 6) is 0.0894. The standard InChI is InChI=1S/C29H33F2N3O3S/c30-24-7-3-22(4-8-24)29(23-5-9-25(31)10-6-23)2-1-15-32-16-18-33(19-17-32)20-27(35)21-38-28-13-11-26(12-14-28)34(36)37/h3-14,27,29,35H,1-2,15-21H2. The molecule has 1 unspecified atom stereocenters. The molecule has 1 aliphatic heterocycles. The van der Waals surface area contributed by atoms with E-state index >= 15 is 0 Å². The van der Waals surface area contributed by atoms with Crippen molar-refractivity contribution in [3.05, 3.63) is 106 Å². The first-order chi connectivity index (χ1) is 18.4.